The smallest absolute Gasteiger partial charge is 0.399 e. The summed E-state index contributed by atoms with van der Waals surface area (Å²) in [7, 11) is -0.496. The molecular formula is C19H20BNO3. The molecule has 0 spiro atoms. The lowest BCUT2D eigenvalue weighted by Crippen LogP contribution is -2.41. The summed E-state index contributed by atoms with van der Waals surface area (Å²) >= 11 is 0. The average Bonchev–Trinajstić information content (AvgIpc) is 2.75. The van der Waals surface area contributed by atoms with Gasteiger partial charge in [0, 0.05) is 16.3 Å². The predicted molar refractivity (Wildman–Crippen MR) is 97.8 cm³/mol. The molecule has 0 amide bonds. The van der Waals surface area contributed by atoms with Gasteiger partial charge in [0.25, 0.3) is 5.56 Å². The van der Waals surface area contributed by atoms with Crippen LogP contribution in [0.4, 0.5) is 0 Å². The number of H-pyrrole nitrogens is 1. The van der Waals surface area contributed by atoms with Gasteiger partial charge in [0.05, 0.1) is 11.2 Å². The van der Waals surface area contributed by atoms with E-state index in [1.807, 2.05) is 70.2 Å². The van der Waals surface area contributed by atoms with E-state index in [2.05, 4.69) is 4.98 Å². The Balaban J connectivity index is 2.02. The van der Waals surface area contributed by atoms with E-state index >= 15 is 0 Å². The fourth-order valence-corrected chi connectivity index (χ4v) is 3.23. The third-order valence-corrected chi connectivity index (χ3v) is 5.29. The van der Waals surface area contributed by atoms with E-state index in [4.69, 9.17) is 9.31 Å². The monoisotopic (exact) mass is 321 g/mol. The molecule has 122 valence electrons. The molecule has 2 heterocycles. The predicted octanol–water partition coefficient (Wildman–Crippen LogP) is 2.98. The molecule has 1 fully saturated rings. The van der Waals surface area contributed by atoms with Crippen molar-refractivity contribution in [1.82, 2.24) is 4.98 Å². The highest BCUT2D eigenvalue weighted by Gasteiger charge is 2.52. The van der Waals surface area contributed by atoms with Gasteiger partial charge in [-0.3, -0.25) is 4.79 Å². The number of benzene rings is 2. The Morgan fingerprint density at radius 3 is 2.21 bits per heavy atom. The zero-order valence-corrected chi connectivity index (χ0v) is 14.3. The van der Waals surface area contributed by atoms with Crippen molar-refractivity contribution >= 4 is 34.3 Å². The quantitative estimate of drug-likeness (QED) is 0.554. The summed E-state index contributed by atoms with van der Waals surface area (Å²) in [6.45, 7) is 8.12. The van der Waals surface area contributed by atoms with Crippen molar-refractivity contribution in [3.8, 4) is 0 Å². The van der Waals surface area contributed by atoms with Crippen molar-refractivity contribution in [3.05, 3.63) is 52.8 Å². The largest absolute Gasteiger partial charge is 0.495 e. The summed E-state index contributed by atoms with van der Waals surface area (Å²) in [4.78, 5) is 15.4. The Labute approximate surface area is 140 Å². The first-order valence-corrected chi connectivity index (χ1v) is 8.19. The van der Waals surface area contributed by atoms with Crippen LogP contribution in [0, 0.1) is 0 Å². The second kappa shape index (κ2) is 4.95. The molecule has 4 rings (SSSR count). The number of para-hydroxylation sites is 1. The topological polar surface area (TPSA) is 51.3 Å². The number of fused-ring (bicyclic) bond motifs is 3. The number of aromatic nitrogens is 1. The van der Waals surface area contributed by atoms with E-state index in [9.17, 15) is 4.79 Å². The zero-order chi connectivity index (χ0) is 17.1. The Morgan fingerprint density at radius 1 is 0.875 bits per heavy atom. The molecule has 0 bridgehead atoms. The van der Waals surface area contributed by atoms with Gasteiger partial charge in [0.1, 0.15) is 0 Å². The van der Waals surface area contributed by atoms with E-state index in [1.165, 1.54) is 0 Å². The lowest BCUT2D eigenvalue weighted by atomic mass is 9.75. The molecule has 1 aliphatic heterocycles. The van der Waals surface area contributed by atoms with Gasteiger partial charge < -0.3 is 14.3 Å². The first-order valence-electron chi connectivity index (χ1n) is 8.19. The molecule has 1 saturated heterocycles. The standard InChI is InChI=1S/C19H20BNO3/c1-18(2)19(3,4)24-20(23-18)14-10-7-9-13-16(14)12-8-5-6-11-15(12)21-17(13)22/h5-11H,1-4H3,(H,21,22). The van der Waals surface area contributed by atoms with Gasteiger partial charge in [-0.25, -0.2) is 0 Å². The lowest BCUT2D eigenvalue weighted by Gasteiger charge is -2.32. The van der Waals surface area contributed by atoms with Gasteiger partial charge in [-0.05, 0) is 50.7 Å². The Bertz CT molecular complexity index is 990. The molecule has 24 heavy (non-hydrogen) atoms. The molecule has 1 N–H and O–H groups in total. The van der Waals surface area contributed by atoms with Crippen molar-refractivity contribution in [2.45, 2.75) is 38.9 Å². The number of nitrogens with one attached hydrogen (secondary N) is 1. The van der Waals surface area contributed by atoms with E-state index in [1.54, 1.807) is 0 Å². The van der Waals surface area contributed by atoms with E-state index in [-0.39, 0.29) is 5.56 Å². The normalized spacial score (nSPS) is 19.2. The second-order valence-electron chi connectivity index (χ2n) is 7.36. The Morgan fingerprint density at radius 2 is 1.50 bits per heavy atom. The summed E-state index contributed by atoms with van der Waals surface area (Å²) in [5, 5.41) is 2.55. The van der Waals surface area contributed by atoms with Crippen molar-refractivity contribution in [1.29, 1.82) is 0 Å². The van der Waals surface area contributed by atoms with Crippen LogP contribution in [-0.2, 0) is 9.31 Å². The van der Waals surface area contributed by atoms with Crippen molar-refractivity contribution < 1.29 is 9.31 Å². The van der Waals surface area contributed by atoms with Crippen LogP contribution in [-0.4, -0.2) is 23.3 Å². The Kier molecular flexibility index (Phi) is 3.18. The van der Waals surface area contributed by atoms with Gasteiger partial charge >= 0.3 is 7.12 Å². The van der Waals surface area contributed by atoms with E-state index in [0.29, 0.717) is 5.39 Å². The number of aromatic amines is 1. The summed E-state index contributed by atoms with van der Waals surface area (Å²) in [5.74, 6) is 0. The first-order chi connectivity index (χ1) is 11.3. The molecule has 0 saturated carbocycles. The molecule has 5 heteroatoms. The maximum absolute atomic E-state index is 12.5. The van der Waals surface area contributed by atoms with Gasteiger partial charge in [-0.15, -0.1) is 0 Å². The number of rotatable bonds is 1. The molecular weight excluding hydrogens is 301 g/mol. The molecule has 0 atom stereocenters. The van der Waals surface area contributed by atoms with Crippen LogP contribution in [0.25, 0.3) is 21.7 Å². The molecule has 3 aromatic rings. The summed E-state index contributed by atoms with van der Waals surface area (Å²) in [6, 6.07) is 13.5. The zero-order valence-electron chi connectivity index (χ0n) is 14.3. The summed E-state index contributed by atoms with van der Waals surface area (Å²) < 4.78 is 12.4. The SMILES string of the molecule is CC1(C)OB(c2cccc3c(=O)[nH]c4ccccc4c23)OC1(C)C. The third-order valence-electron chi connectivity index (χ3n) is 5.29. The van der Waals surface area contributed by atoms with Crippen molar-refractivity contribution in [2.24, 2.45) is 0 Å². The van der Waals surface area contributed by atoms with Crippen LogP contribution in [0.3, 0.4) is 0 Å². The van der Waals surface area contributed by atoms with Crippen LogP contribution in [0.15, 0.2) is 47.3 Å². The van der Waals surface area contributed by atoms with Gasteiger partial charge in [0.15, 0.2) is 0 Å². The molecule has 2 aromatic carbocycles. The van der Waals surface area contributed by atoms with Gasteiger partial charge in [-0.2, -0.15) is 0 Å². The molecule has 1 aliphatic rings. The maximum atomic E-state index is 12.5. The summed E-state index contributed by atoms with van der Waals surface area (Å²) in [6.07, 6.45) is 0. The van der Waals surface area contributed by atoms with Crippen LogP contribution in [0.2, 0.25) is 0 Å². The van der Waals surface area contributed by atoms with Crippen molar-refractivity contribution in [2.75, 3.05) is 0 Å². The van der Waals surface area contributed by atoms with Gasteiger partial charge in [-0.1, -0.05) is 30.3 Å². The van der Waals surface area contributed by atoms with E-state index < -0.39 is 18.3 Å². The fraction of sp³-hybridized carbons (Fsp3) is 0.316. The third kappa shape index (κ3) is 2.12. The lowest BCUT2D eigenvalue weighted by molar-refractivity contribution is 0.00578. The van der Waals surface area contributed by atoms with Crippen molar-refractivity contribution in [3.63, 3.8) is 0 Å². The first kappa shape index (κ1) is 15.4. The minimum Gasteiger partial charge on any atom is -0.399 e. The van der Waals surface area contributed by atoms with Crippen LogP contribution in [0.5, 0.6) is 0 Å². The molecule has 0 aliphatic carbocycles. The van der Waals surface area contributed by atoms with Crippen LogP contribution < -0.4 is 11.0 Å². The molecule has 0 unspecified atom stereocenters. The maximum Gasteiger partial charge on any atom is 0.495 e. The highest BCUT2D eigenvalue weighted by Crippen LogP contribution is 2.37. The molecule has 4 nitrogen and oxygen atoms in total. The van der Waals surface area contributed by atoms with Gasteiger partial charge in [0.2, 0.25) is 0 Å². The Hall–Kier alpha value is -2.11. The summed E-state index contributed by atoms with van der Waals surface area (Å²) in [5.41, 5.74) is 0.780. The number of hydrogen-bond donors (Lipinski definition) is 1. The van der Waals surface area contributed by atoms with E-state index in [0.717, 1.165) is 21.8 Å². The highest BCUT2D eigenvalue weighted by atomic mass is 16.7. The minimum atomic E-state index is -0.496. The fourth-order valence-electron chi connectivity index (χ4n) is 3.23. The average molecular weight is 321 g/mol. The van der Waals surface area contributed by atoms with Crippen LogP contribution >= 0.6 is 0 Å². The number of hydrogen-bond acceptors (Lipinski definition) is 3. The highest BCUT2D eigenvalue weighted by molar-refractivity contribution is 6.66. The number of pyridine rings is 1. The second-order valence-corrected chi connectivity index (χ2v) is 7.36. The minimum absolute atomic E-state index is 0.0953. The molecule has 1 aromatic heterocycles. The van der Waals surface area contributed by atoms with Crippen LogP contribution in [0.1, 0.15) is 27.7 Å². The molecule has 0 radical (unpaired) electrons.